The van der Waals surface area contributed by atoms with Crippen LogP contribution in [0, 0.1) is 10.1 Å². The van der Waals surface area contributed by atoms with Crippen LogP contribution >= 0.6 is 39.1 Å². The number of rotatable bonds is 2. The second-order valence-corrected chi connectivity index (χ2v) is 4.45. The van der Waals surface area contributed by atoms with E-state index in [1.807, 2.05) is 0 Å². The Morgan fingerprint density at radius 1 is 1.50 bits per heavy atom. The number of benzene rings is 1. The van der Waals surface area contributed by atoms with Crippen LogP contribution in [0.25, 0.3) is 5.03 Å². The normalized spacial score (nSPS) is 12.2. The first-order valence-electron chi connectivity index (χ1n) is 3.89. The zero-order valence-electron chi connectivity index (χ0n) is 7.71. The molecule has 86 valence electrons. The number of nitrogen functional groups attached to an aromatic ring is 1. The Bertz CT molecular complexity index is 490. The van der Waals surface area contributed by atoms with Crippen LogP contribution in [0.4, 0.5) is 5.69 Å². The molecule has 1 aromatic carbocycles. The van der Waals surface area contributed by atoms with Crippen molar-refractivity contribution in [2.75, 3.05) is 5.73 Å². The van der Waals surface area contributed by atoms with E-state index in [1.165, 1.54) is 12.1 Å². The number of hydrogen-bond acceptors (Lipinski definition) is 4. The summed E-state index contributed by atoms with van der Waals surface area (Å²) in [7, 11) is 0. The number of hydrogen-bond donors (Lipinski definition) is 2. The van der Waals surface area contributed by atoms with Crippen molar-refractivity contribution in [3.8, 4) is 0 Å². The van der Waals surface area contributed by atoms with E-state index in [0.29, 0.717) is 9.50 Å². The fourth-order valence-electron chi connectivity index (χ4n) is 0.970. The van der Waals surface area contributed by atoms with Crippen LogP contribution in [0.5, 0.6) is 0 Å². The molecule has 16 heavy (non-hydrogen) atoms. The van der Waals surface area contributed by atoms with Gasteiger partial charge in [-0.25, -0.2) is 0 Å². The van der Waals surface area contributed by atoms with Crippen LogP contribution < -0.4 is 11.5 Å². The molecule has 5 nitrogen and oxygen atoms in total. The third-order valence-corrected chi connectivity index (χ3v) is 3.34. The Morgan fingerprint density at radius 3 is 2.56 bits per heavy atom. The summed E-state index contributed by atoms with van der Waals surface area (Å²) in [6.45, 7) is 0. The van der Waals surface area contributed by atoms with E-state index in [9.17, 15) is 10.1 Å². The molecule has 0 bridgehead atoms. The van der Waals surface area contributed by atoms with Gasteiger partial charge in [0, 0.05) is 15.7 Å². The third kappa shape index (κ3) is 2.58. The fourth-order valence-corrected chi connectivity index (χ4v) is 1.73. The molecule has 1 aromatic rings. The molecule has 1 rings (SSSR count). The summed E-state index contributed by atoms with van der Waals surface area (Å²) in [5.74, 6) is -0.674. The highest BCUT2D eigenvalue weighted by Crippen LogP contribution is 2.33. The van der Waals surface area contributed by atoms with Gasteiger partial charge in [-0.15, -0.1) is 0 Å². The SMILES string of the molecule is N/C(=C(/Cl)c1cc(Cl)c(Br)cc1N)[N+](=O)[O-]. The van der Waals surface area contributed by atoms with E-state index < -0.39 is 10.7 Å². The van der Waals surface area contributed by atoms with Crippen molar-refractivity contribution in [3.05, 3.63) is 43.1 Å². The summed E-state index contributed by atoms with van der Waals surface area (Å²) in [6.07, 6.45) is 0. The van der Waals surface area contributed by atoms with Gasteiger partial charge in [-0.05, 0) is 33.0 Å². The lowest BCUT2D eigenvalue weighted by Gasteiger charge is -2.06. The van der Waals surface area contributed by atoms with Crippen LogP contribution in [-0.2, 0) is 0 Å². The average Bonchev–Trinajstić information content (AvgIpc) is 2.21. The van der Waals surface area contributed by atoms with E-state index in [2.05, 4.69) is 15.9 Å². The first-order chi connectivity index (χ1) is 7.34. The van der Waals surface area contributed by atoms with E-state index in [0.717, 1.165) is 0 Å². The lowest BCUT2D eigenvalue weighted by Crippen LogP contribution is -2.10. The number of halogens is 3. The minimum absolute atomic E-state index is 0.226. The van der Waals surface area contributed by atoms with Crippen molar-refractivity contribution < 1.29 is 4.92 Å². The van der Waals surface area contributed by atoms with Crippen LogP contribution in [0.1, 0.15) is 5.56 Å². The number of nitro groups is 1. The molecule has 0 radical (unpaired) electrons. The van der Waals surface area contributed by atoms with Crippen LogP contribution in [0.3, 0.4) is 0 Å². The Labute approximate surface area is 109 Å². The van der Waals surface area contributed by atoms with Crippen molar-refractivity contribution in [2.24, 2.45) is 5.73 Å². The van der Waals surface area contributed by atoms with Gasteiger partial charge in [0.25, 0.3) is 0 Å². The van der Waals surface area contributed by atoms with Gasteiger partial charge in [0.1, 0.15) is 5.03 Å². The zero-order valence-corrected chi connectivity index (χ0v) is 10.8. The number of nitrogens with two attached hydrogens (primary N) is 2. The maximum atomic E-state index is 10.4. The molecule has 0 aliphatic carbocycles. The second-order valence-electron chi connectivity index (χ2n) is 2.81. The lowest BCUT2D eigenvalue weighted by molar-refractivity contribution is -0.425. The Morgan fingerprint density at radius 2 is 2.06 bits per heavy atom. The van der Waals surface area contributed by atoms with Crippen LogP contribution in [0.15, 0.2) is 22.4 Å². The highest BCUT2D eigenvalue weighted by Gasteiger charge is 2.16. The van der Waals surface area contributed by atoms with Gasteiger partial charge >= 0.3 is 5.82 Å². The molecule has 0 aliphatic rings. The lowest BCUT2D eigenvalue weighted by atomic mass is 10.1. The quantitative estimate of drug-likeness (QED) is 0.496. The number of anilines is 1. The molecule has 0 saturated heterocycles. The first kappa shape index (κ1) is 13.1. The van der Waals surface area contributed by atoms with Crippen LogP contribution in [-0.4, -0.2) is 4.92 Å². The topological polar surface area (TPSA) is 95.2 Å². The first-order valence-corrected chi connectivity index (χ1v) is 5.44. The molecule has 0 spiro atoms. The molecule has 0 fully saturated rings. The highest BCUT2D eigenvalue weighted by molar-refractivity contribution is 9.10. The van der Waals surface area contributed by atoms with Crippen molar-refractivity contribution in [3.63, 3.8) is 0 Å². The molecule has 0 aliphatic heterocycles. The summed E-state index contributed by atoms with van der Waals surface area (Å²) < 4.78 is 0.569. The van der Waals surface area contributed by atoms with Gasteiger partial charge in [-0.2, -0.15) is 0 Å². The monoisotopic (exact) mass is 325 g/mol. The third-order valence-electron chi connectivity index (χ3n) is 1.75. The van der Waals surface area contributed by atoms with Gasteiger partial charge in [0.05, 0.1) is 5.02 Å². The van der Waals surface area contributed by atoms with E-state index in [-0.39, 0.29) is 16.3 Å². The highest BCUT2D eigenvalue weighted by atomic mass is 79.9. The summed E-state index contributed by atoms with van der Waals surface area (Å²) in [6, 6.07) is 2.90. The van der Waals surface area contributed by atoms with E-state index >= 15 is 0 Å². The zero-order chi connectivity index (χ0) is 12.5. The van der Waals surface area contributed by atoms with Crippen molar-refractivity contribution in [1.29, 1.82) is 0 Å². The van der Waals surface area contributed by atoms with E-state index in [4.69, 9.17) is 34.7 Å². The maximum Gasteiger partial charge on any atom is 0.333 e. The summed E-state index contributed by atoms with van der Waals surface area (Å²) in [5, 5.41) is 10.5. The molecule has 0 aromatic heterocycles. The van der Waals surface area contributed by atoms with Crippen molar-refractivity contribution >= 4 is 49.9 Å². The molecule has 0 atom stereocenters. The summed E-state index contributed by atoms with van der Waals surface area (Å²) >= 11 is 14.7. The van der Waals surface area contributed by atoms with Crippen LogP contribution in [0.2, 0.25) is 5.02 Å². The molecule has 8 heteroatoms. The standard InChI is InChI=1S/C8H6BrCl2N3O2/c9-4-2-6(12)3(1-5(4)10)7(11)8(13)14(15)16/h1-2H,12-13H2/b8-7-. The van der Waals surface area contributed by atoms with Crippen molar-refractivity contribution in [1.82, 2.24) is 0 Å². The minimum atomic E-state index is -0.794. The Kier molecular flexibility index (Phi) is 4.01. The molecule has 0 unspecified atom stereocenters. The number of nitrogens with zero attached hydrogens (tertiary/aromatic N) is 1. The molecule has 0 saturated carbocycles. The second kappa shape index (κ2) is 4.90. The minimum Gasteiger partial charge on any atom is -0.398 e. The Hall–Kier alpha value is -0.980. The fraction of sp³-hybridized carbons (Fsp3) is 0. The molecular weight excluding hydrogens is 321 g/mol. The van der Waals surface area contributed by atoms with Gasteiger partial charge in [-0.1, -0.05) is 23.2 Å². The summed E-state index contributed by atoms with van der Waals surface area (Å²) in [5.41, 5.74) is 11.3. The van der Waals surface area contributed by atoms with Crippen molar-refractivity contribution in [2.45, 2.75) is 0 Å². The predicted molar refractivity (Wildman–Crippen MR) is 67.5 cm³/mol. The smallest absolute Gasteiger partial charge is 0.333 e. The molecule has 0 amide bonds. The predicted octanol–water partition coefficient (Wildman–Crippen LogP) is 2.79. The maximum absolute atomic E-state index is 10.4. The van der Waals surface area contributed by atoms with Gasteiger partial charge in [0.15, 0.2) is 0 Å². The largest absolute Gasteiger partial charge is 0.398 e. The molecular formula is C8H6BrCl2N3O2. The Balaban J connectivity index is 3.40. The summed E-state index contributed by atoms with van der Waals surface area (Å²) in [4.78, 5) is 9.64. The van der Waals surface area contributed by atoms with Gasteiger partial charge in [0.2, 0.25) is 0 Å². The van der Waals surface area contributed by atoms with E-state index in [1.54, 1.807) is 0 Å². The van der Waals surface area contributed by atoms with Gasteiger partial charge in [-0.3, -0.25) is 5.73 Å². The van der Waals surface area contributed by atoms with Gasteiger partial charge < -0.3 is 15.8 Å². The molecule has 0 heterocycles. The molecule has 4 N–H and O–H groups in total. The average molecular weight is 327 g/mol.